The fraction of sp³-hybridized carbons (Fsp3) is 0.250. The Morgan fingerprint density at radius 3 is 2.75 bits per heavy atom. The Hall–Kier alpha value is -1.87. The zero-order valence-corrected chi connectivity index (χ0v) is 11.8. The number of rotatable bonds is 2. The molecular weight excluding hydrogens is 272 g/mol. The van der Waals surface area contributed by atoms with Crippen LogP contribution in [0.5, 0.6) is 0 Å². The molecule has 20 heavy (non-hydrogen) atoms. The molecule has 1 fully saturated rings. The second-order valence-corrected chi connectivity index (χ2v) is 5.26. The van der Waals surface area contributed by atoms with Crippen LogP contribution in [-0.4, -0.2) is 22.3 Å². The van der Waals surface area contributed by atoms with Crippen molar-refractivity contribution in [2.45, 2.75) is 18.9 Å². The molecule has 4 heteroatoms. The van der Waals surface area contributed by atoms with E-state index in [2.05, 4.69) is 4.98 Å². The molecular formula is C16H15ClN2O. The van der Waals surface area contributed by atoms with Crippen molar-refractivity contribution in [3.05, 3.63) is 64.9 Å². The van der Waals surface area contributed by atoms with Gasteiger partial charge in [-0.1, -0.05) is 35.9 Å². The maximum Gasteiger partial charge on any atom is 0.254 e. The summed E-state index contributed by atoms with van der Waals surface area (Å²) in [7, 11) is 0. The lowest BCUT2D eigenvalue weighted by atomic mass is 10.1. The van der Waals surface area contributed by atoms with Crippen LogP contribution in [0.15, 0.2) is 48.7 Å². The molecule has 1 aromatic heterocycles. The van der Waals surface area contributed by atoms with Gasteiger partial charge >= 0.3 is 0 Å². The molecule has 0 aliphatic carbocycles. The van der Waals surface area contributed by atoms with Crippen LogP contribution in [-0.2, 0) is 0 Å². The molecule has 0 saturated carbocycles. The summed E-state index contributed by atoms with van der Waals surface area (Å²) >= 11 is 6.17. The Morgan fingerprint density at radius 1 is 1.20 bits per heavy atom. The summed E-state index contributed by atoms with van der Waals surface area (Å²) in [5, 5.41) is 0.491. The van der Waals surface area contributed by atoms with Crippen molar-refractivity contribution in [2.24, 2.45) is 0 Å². The largest absolute Gasteiger partial charge is 0.331 e. The number of hydrogen-bond donors (Lipinski definition) is 0. The molecule has 1 aromatic carbocycles. The zero-order chi connectivity index (χ0) is 13.9. The highest BCUT2D eigenvalue weighted by Crippen LogP contribution is 2.35. The van der Waals surface area contributed by atoms with Crippen molar-refractivity contribution in [1.29, 1.82) is 0 Å². The summed E-state index contributed by atoms with van der Waals surface area (Å²) in [6, 6.07) is 13.2. The van der Waals surface area contributed by atoms with Gasteiger partial charge < -0.3 is 4.90 Å². The van der Waals surface area contributed by atoms with Gasteiger partial charge in [-0.05, 0) is 31.0 Å². The van der Waals surface area contributed by atoms with Gasteiger partial charge in [-0.3, -0.25) is 4.79 Å². The Kier molecular flexibility index (Phi) is 3.70. The van der Waals surface area contributed by atoms with Crippen LogP contribution in [0.25, 0.3) is 0 Å². The minimum Gasteiger partial charge on any atom is -0.331 e. The van der Waals surface area contributed by atoms with Gasteiger partial charge in [-0.15, -0.1) is 0 Å². The second kappa shape index (κ2) is 5.63. The van der Waals surface area contributed by atoms with E-state index in [-0.39, 0.29) is 11.9 Å². The molecule has 0 N–H and O–H groups in total. The first-order valence-electron chi connectivity index (χ1n) is 6.74. The molecule has 3 rings (SSSR count). The first kappa shape index (κ1) is 13.1. The van der Waals surface area contributed by atoms with Gasteiger partial charge in [0.2, 0.25) is 0 Å². The van der Waals surface area contributed by atoms with Crippen LogP contribution in [0, 0.1) is 0 Å². The zero-order valence-electron chi connectivity index (χ0n) is 11.0. The number of halogens is 1. The number of carbonyl (C=O) groups is 1. The molecule has 1 aliphatic rings. The molecule has 0 radical (unpaired) electrons. The second-order valence-electron chi connectivity index (χ2n) is 4.91. The van der Waals surface area contributed by atoms with E-state index >= 15 is 0 Å². The third kappa shape index (κ3) is 2.41. The maximum absolute atomic E-state index is 12.6. The highest BCUT2D eigenvalue weighted by Gasteiger charge is 2.31. The summed E-state index contributed by atoms with van der Waals surface area (Å²) in [6.45, 7) is 0.767. The fourth-order valence-electron chi connectivity index (χ4n) is 2.73. The molecule has 2 heterocycles. The molecule has 1 amide bonds. The van der Waals surface area contributed by atoms with Crippen LogP contribution >= 0.6 is 11.6 Å². The maximum atomic E-state index is 12.6. The lowest BCUT2D eigenvalue weighted by Gasteiger charge is -2.25. The highest BCUT2D eigenvalue weighted by molar-refractivity contribution is 6.30. The van der Waals surface area contributed by atoms with Crippen LogP contribution in [0.2, 0.25) is 5.15 Å². The van der Waals surface area contributed by atoms with Gasteiger partial charge in [-0.2, -0.15) is 0 Å². The molecule has 1 aliphatic heterocycles. The summed E-state index contributed by atoms with van der Waals surface area (Å²) in [6.07, 6.45) is 3.60. The van der Waals surface area contributed by atoms with Gasteiger partial charge in [0.05, 0.1) is 6.04 Å². The third-order valence-electron chi connectivity index (χ3n) is 3.68. The van der Waals surface area contributed by atoms with E-state index < -0.39 is 0 Å². The van der Waals surface area contributed by atoms with E-state index in [1.165, 1.54) is 0 Å². The van der Waals surface area contributed by atoms with Crippen LogP contribution in [0.1, 0.15) is 34.8 Å². The monoisotopic (exact) mass is 286 g/mol. The van der Waals surface area contributed by atoms with Crippen molar-refractivity contribution in [3.8, 4) is 0 Å². The van der Waals surface area contributed by atoms with Gasteiger partial charge in [0.15, 0.2) is 0 Å². The number of pyridine rings is 1. The number of likely N-dealkylation sites (tertiary alicyclic amines) is 1. The number of carbonyl (C=O) groups excluding carboxylic acids is 1. The van der Waals surface area contributed by atoms with E-state index in [9.17, 15) is 4.79 Å². The van der Waals surface area contributed by atoms with Crippen LogP contribution < -0.4 is 0 Å². The van der Waals surface area contributed by atoms with Gasteiger partial charge in [0.25, 0.3) is 5.91 Å². The smallest absolute Gasteiger partial charge is 0.254 e. The normalized spacial score (nSPS) is 18.2. The number of hydrogen-bond acceptors (Lipinski definition) is 2. The number of benzene rings is 1. The number of aromatic nitrogens is 1. The van der Waals surface area contributed by atoms with Crippen molar-refractivity contribution in [1.82, 2.24) is 9.88 Å². The van der Waals surface area contributed by atoms with Gasteiger partial charge in [0.1, 0.15) is 5.15 Å². The van der Waals surface area contributed by atoms with Crippen molar-refractivity contribution >= 4 is 17.5 Å². The number of nitrogens with zero attached hydrogens (tertiary/aromatic N) is 2. The quantitative estimate of drug-likeness (QED) is 0.789. The molecule has 1 atom stereocenters. The molecule has 102 valence electrons. The Labute approximate surface area is 123 Å². The Balaban J connectivity index is 1.90. The average molecular weight is 287 g/mol. The Morgan fingerprint density at radius 2 is 2.00 bits per heavy atom. The van der Waals surface area contributed by atoms with Crippen molar-refractivity contribution < 1.29 is 4.79 Å². The lowest BCUT2D eigenvalue weighted by Crippen LogP contribution is -2.30. The van der Waals surface area contributed by atoms with E-state index in [1.54, 1.807) is 6.20 Å². The molecule has 0 unspecified atom stereocenters. The van der Waals surface area contributed by atoms with Crippen LogP contribution in [0.3, 0.4) is 0 Å². The SMILES string of the molecule is O=C(c1ccccc1)N1CCC[C@H]1c1cccnc1Cl. The molecule has 0 bridgehead atoms. The predicted molar refractivity (Wildman–Crippen MR) is 78.7 cm³/mol. The molecule has 3 nitrogen and oxygen atoms in total. The highest BCUT2D eigenvalue weighted by atomic mass is 35.5. The van der Waals surface area contributed by atoms with E-state index in [1.807, 2.05) is 47.4 Å². The third-order valence-corrected chi connectivity index (χ3v) is 4.00. The predicted octanol–water partition coefficient (Wildman–Crippen LogP) is 3.71. The first-order chi connectivity index (χ1) is 9.77. The van der Waals surface area contributed by atoms with Crippen molar-refractivity contribution in [3.63, 3.8) is 0 Å². The number of amides is 1. The van der Waals surface area contributed by atoms with Crippen LogP contribution in [0.4, 0.5) is 0 Å². The standard InChI is InChI=1S/C16H15ClN2O/c17-15-13(8-4-10-18-15)14-9-5-11-19(14)16(20)12-6-2-1-3-7-12/h1-4,6-8,10,14H,5,9,11H2/t14-/m0/s1. The van der Waals surface area contributed by atoms with Crippen molar-refractivity contribution in [2.75, 3.05) is 6.54 Å². The summed E-state index contributed by atoms with van der Waals surface area (Å²) in [5.41, 5.74) is 1.66. The lowest BCUT2D eigenvalue weighted by molar-refractivity contribution is 0.0735. The van der Waals surface area contributed by atoms with E-state index in [0.29, 0.717) is 5.15 Å². The molecule has 0 spiro atoms. The van der Waals surface area contributed by atoms with E-state index in [0.717, 1.165) is 30.5 Å². The minimum atomic E-state index is 0.0314. The topological polar surface area (TPSA) is 33.2 Å². The Bertz CT molecular complexity index is 615. The minimum absolute atomic E-state index is 0.0314. The summed E-state index contributed by atoms with van der Waals surface area (Å²) in [5.74, 6) is 0.0630. The fourth-order valence-corrected chi connectivity index (χ4v) is 2.97. The van der Waals surface area contributed by atoms with Gasteiger partial charge in [-0.25, -0.2) is 4.98 Å². The van der Waals surface area contributed by atoms with Gasteiger partial charge in [0, 0.05) is 23.9 Å². The summed E-state index contributed by atoms with van der Waals surface area (Å²) in [4.78, 5) is 18.6. The summed E-state index contributed by atoms with van der Waals surface area (Å²) < 4.78 is 0. The molecule has 2 aromatic rings. The molecule has 1 saturated heterocycles. The average Bonchev–Trinajstić information content (AvgIpc) is 2.97. The first-order valence-corrected chi connectivity index (χ1v) is 7.11. The van der Waals surface area contributed by atoms with E-state index in [4.69, 9.17) is 11.6 Å².